The average molecular weight is 317 g/mol. The molecule has 2 aromatic carbocycles. The Hall–Kier alpha value is -2.64. The second-order valence-electron chi connectivity index (χ2n) is 4.14. The van der Waals surface area contributed by atoms with Gasteiger partial charge in [-0.15, -0.1) is 0 Å². The lowest BCUT2D eigenvalue weighted by Gasteiger charge is -2.10. The van der Waals surface area contributed by atoms with E-state index in [2.05, 4.69) is 10.1 Å². The van der Waals surface area contributed by atoms with Crippen LogP contribution in [0.2, 0.25) is 0 Å². The molecule has 116 valence electrons. The van der Waals surface area contributed by atoms with E-state index >= 15 is 0 Å². The van der Waals surface area contributed by atoms with Gasteiger partial charge in [0.25, 0.3) is 5.91 Å². The molecule has 0 fully saturated rings. The van der Waals surface area contributed by atoms with Gasteiger partial charge in [-0.3, -0.25) is 4.79 Å². The van der Waals surface area contributed by atoms with Gasteiger partial charge in [-0.25, -0.2) is 13.2 Å². The predicted molar refractivity (Wildman–Crippen MR) is 66.8 cm³/mol. The quantitative estimate of drug-likeness (QED) is 0.693. The summed E-state index contributed by atoms with van der Waals surface area (Å²) in [6, 6.07) is 4.68. The van der Waals surface area contributed by atoms with Gasteiger partial charge in [0, 0.05) is 11.8 Å². The Kier molecular flexibility index (Phi) is 4.59. The molecule has 0 heterocycles. The van der Waals surface area contributed by atoms with Crippen LogP contribution in [0.5, 0.6) is 5.75 Å². The minimum atomic E-state index is -1.74. The molecule has 1 N–H and O–H groups in total. The van der Waals surface area contributed by atoms with Crippen LogP contribution < -0.4 is 10.1 Å². The van der Waals surface area contributed by atoms with Gasteiger partial charge in [-0.2, -0.15) is 8.78 Å². The SMILES string of the molecule is O=C(COc1c(F)c(F)cc(F)c1F)Nc1ccc(F)cc1. The van der Waals surface area contributed by atoms with E-state index in [1.54, 1.807) is 0 Å². The first-order valence-electron chi connectivity index (χ1n) is 5.89. The summed E-state index contributed by atoms with van der Waals surface area (Å²) >= 11 is 0. The van der Waals surface area contributed by atoms with Crippen LogP contribution in [0.1, 0.15) is 0 Å². The maximum Gasteiger partial charge on any atom is 0.262 e. The van der Waals surface area contributed by atoms with E-state index in [4.69, 9.17) is 0 Å². The number of carbonyl (C=O) groups is 1. The van der Waals surface area contributed by atoms with Crippen LogP contribution in [-0.2, 0) is 4.79 Å². The topological polar surface area (TPSA) is 38.3 Å². The van der Waals surface area contributed by atoms with Crippen molar-refractivity contribution >= 4 is 11.6 Å². The lowest BCUT2D eigenvalue weighted by Crippen LogP contribution is -2.21. The van der Waals surface area contributed by atoms with Crippen molar-refractivity contribution in [3.05, 3.63) is 59.4 Å². The summed E-state index contributed by atoms with van der Waals surface area (Å²) in [5, 5.41) is 2.24. The van der Waals surface area contributed by atoms with Gasteiger partial charge < -0.3 is 10.1 Å². The van der Waals surface area contributed by atoms with Crippen LogP contribution in [-0.4, -0.2) is 12.5 Å². The first-order valence-corrected chi connectivity index (χ1v) is 5.89. The Morgan fingerprint density at radius 1 is 0.955 bits per heavy atom. The maximum atomic E-state index is 13.3. The third-order valence-corrected chi connectivity index (χ3v) is 2.55. The number of anilines is 1. The van der Waals surface area contributed by atoms with Crippen LogP contribution in [0.3, 0.4) is 0 Å². The molecule has 2 rings (SSSR count). The van der Waals surface area contributed by atoms with Gasteiger partial charge in [0.1, 0.15) is 5.82 Å². The van der Waals surface area contributed by atoms with Crippen molar-refractivity contribution in [3.8, 4) is 5.75 Å². The monoisotopic (exact) mass is 317 g/mol. The molecule has 1 amide bonds. The zero-order valence-corrected chi connectivity index (χ0v) is 10.8. The van der Waals surface area contributed by atoms with Gasteiger partial charge >= 0.3 is 0 Å². The number of halogens is 5. The summed E-state index contributed by atoms with van der Waals surface area (Å²) in [6.07, 6.45) is 0. The highest BCUT2D eigenvalue weighted by atomic mass is 19.2. The third-order valence-electron chi connectivity index (χ3n) is 2.55. The fourth-order valence-corrected chi connectivity index (χ4v) is 1.55. The van der Waals surface area contributed by atoms with E-state index in [1.807, 2.05) is 0 Å². The molecule has 0 bridgehead atoms. The van der Waals surface area contributed by atoms with E-state index in [0.717, 1.165) is 12.1 Å². The first-order chi connectivity index (χ1) is 10.4. The molecule has 0 saturated carbocycles. The Bertz CT molecular complexity index is 677. The van der Waals surface area contributed by atoms with Crippen molar-refractivity contribution in [1.29, 1.82) is 0 Å². The summed E-state index contributed by atoms with van der Waals surface area (Å²) in [4.78, 5) is 11.5. The Labute approximate surface area is 121 Å². The number of hydrogen-bond donors (Lipinski definition) is 1. The van der Waals surface area contributed by atoms with E-state index in [0.29, 0.717) is 0 Å². The zero-order valence-electron chi connectivity index (χ0n) is 10.8. The summed E-state index contributed by atoms with van der Waals surface area (Å²) in [5.41, 5.74) is 0.210. The zero-order chi connectivity index (χ0) is 16.3. The van der Waals surface area contributed by atoms with Gasteiger partial charge in [-0.05, 0) is 24.3 Å². The van der Waals surface area contributed by atoms with Crippen LogP contribution in [0.15, 0.2) is 30.3 Å². The highest BCUT2D eigenvalue weighted by Gasteiger charge is 2.21. The molecular formula is C14H8F5NO2. The molecule has 0 atom stereocenters. The van der Waals surface area contributed by atoms with E-state index in [9.17, 15) is 26.7 Å². The third kappa shape index (κ3) is 3.51. The van der Waals surface area contributed by atoms with Gasteiger partial charge in [0.05, 0.1) is 0 Å². The minimum absolute atomic E-state index is 0.0239. The molecular weight excluding hydrogens is 309 g/mol. The van der Waals surface area contributed by atoms with Crippen LogP contribution >= 0.6 is 0 Å². The van der Waals surface area contributed by atoms with Gasteiger partial charge in [0.15, 0.2) is 24.0 Å². The molecule has 8 heteroatoms. The lowest BCUT2D eigenvalue weighted by molar-refractivity contribution is -0.118. The van der Waals surface area contributed by atoms with Crippen molar-refractivity contribution in [2.75, 3.05) is 11.9 Å². The predicted octanol–water partition coefficient (Wildman–Crippen LogP) is 3.40. The second-order valence-corrected chi connectivity index (χ2v) is 4.14. The fraction of sp³-hybridized carbons (Fsp3) is 0.0714. The molecule has 0 radical (unpaired) electrons. The Balaban J connectivity index is 2.04. The highest BCUT2D eigenvalue weighted by Crippen LogP contribution is 2.26. The summed E-state index contributed by atoms with van der Waals surface area (Å²) in [6.45, 7) is -0.895. The number of ether oxygens (including phenoxy) is 1. The second kappa shape index (κ2) is 6.42. The van der Waals surface area contributed by atoms with Crippen LogP contribution in [0.25, 0.3) is 0 Å². The molecule has 0 saturated heterocycles. The molecule has 0 aliphatic rings. The number of nitrogens with one attached hydrogen (secondary N) is 1. The largest absolute Gasteiger partial charge is 0.477 e. The van der Waals surface area contributed by atoms with Gasteiger partial charge in [0.2, 0.25) is 11.6 Å². The molecule has 2 aromatic rings. The highest BCUT2D eigenvalue weighted by molar-refractivity contribution is 5.91. The number of benzene rings is 2. The van der Waals surface area contributed by atoms with Crippen molar-refractivity contribution in [3.63, 3.8) is 0 Å². The minimum Gasteiger partial charge on any atom is -0.477 e. The van der Waals surface area contributed by atoms with E-state index in [1.165, 1.54) is 12.1 Å². The Morgan fingerprint density at radius 3 is 2.05 bits per heavy atom. The first kappa shape index (κ1) is 15.7. The van der Waals surface area contributed by atoms with Crippen molar-refractivity contribution in [2.45, 2.75) is 0 Å². The number of amides is 1. The number of rotatable bonds is 4. The number of carbonyl (C=O) groups excluding carboxylic acids is 1. The molecule has 0 unspecified atom stereocenters. The van der Waals surface area contributed by atoms with Crippen molar-refractivity contribution < 1.29 is 31.5 Å². The van der Waals surface area contributed by atoms with E-state index < -0.39 is 47.3 Å². The fourth-order valence-electron chi connectivity index (χ4n) is 1.55. The van der Waals surface area contributed by atoms with Gasteiger partial charge in [-0.1, -0.05) is 0 Å². The maximum absolute atomic E-state index is 13.3. The lowest BCUT2D eigenvalue weighted by atomic mass is 10.3. The van der Waals surface area contributed by atoms with E-state index in [-0.39, 0.29) is 11.8 Å². The molecule has 3 nitrogen and oxygen atoms in total. The summed E-state index contributed by atoms with van der Waals surface area (Å²) < 4.78 is 69.6. The molecule has 0 spiro atoms. The van der Waals surface area contributed by atoms with Crippen LogP contribution in [0, 0.1) is 29.1 Å². The van der Waals surface area contributed by atoms with Crippen molar-refractivity contribution in [2.24, 2.45) is 0 Å². The number of hydrogen-bond acceptors (Lipinski definition) is 2. The smallest absolute Gasteiger partial charge is 0.262 e. The standard InChI is InChI=1S/C14H8F5NO2/c15-7-1-3-8(4-2-7)20-11(21)6-22-14-12(18)9(16)5-10(17)13(14)19/h1-5H,6H2,(H,20,21). The normalized spacial score (nSPS) is 10.4. The summed E-state index contributed by atoms with van der Waals surface area (Å²) in [5.74, 6) is -9.47. The van der Waals surface area contributed by atoms with Crippen LogP contribution in [0.4, 0.5) is 27.6 Å². The molecule has 22 heavy (non-hydrogen) atoms. The molecule has 0 aromatic heterocycles. The van der Waals surface area contributed by atoms with Crippen molar-refractivity contribution in [1.82, 2.24) is 0 Å². The molecule has 0 aliphatic carbocycles. The summed E-state index contributed by atoms with van der Waals surface area (Å²) in [7, 11) is 0. The Morgan fingerprint density at radius 2 is 1.50 bits per heavy atom. The average Bonchev–Trinajstić information content (AvgIpc) is 2.47. The molecule has 0 aliphatic heterocycles.